The Balaban J connectivity index is 2.45. The van der Waals surface area contributed by atoms with Gasteiger partial charge >= 0.3 is 0 Å². The van der Waals surface area contributed by atoms with E-state index in [-0.39, 0.29) is 29.5 Å². The summed E-state index contributed by atoms with van der Waals surface area (Å²) in [5.41, 5.74) is 2.32. The van der Waals surface area contributed by atoms with E-state index >= 15 is 0 Å². The summed E-state index contributed by atoms with van der Waals surface area (Å²) in [6, 6.07) is 7.22. The first-order valence-corrected chi connectivity index (χ1v) is 7.97. The van der Waals surface area contributed by atoms with E-state index in [0.717, 1.165) is 5.56 Å². The number of ketones is 1. The molecule has 0 spiro atoms. The Morgan fingerprint density at radius 2 is 1.83 bits per heavy atom. The van der Waals surface area contributed by atoms with Crippen molar-refractivity contribution in [2.45, 2.75) is 47.1 Å². The molecule has 2 rings (SSSR count). The van der Waals surface area contributed by atoms with Crippen LogP contribution in [-0.4, -0.2) is 21.7 Å². The Morgan fingerprint density at radius 1 is 1.22 bits per heavy atom. The maximum absolute atomic E-state index is 12.5. The van der Waals surface area contributed by atoms with Gasteiger partial charge in [0.25, 0.3) is 0 Å². The molecule has 0 unspecified atom stereocenters. The van der Waals surface area contributed by atoms with Crippen molar-refractivity contribution in [2.24, 2.45) is 16.3 Å². The fourth-order valence-electron chi connectivity index (χ4n) is 2.87. The number of benzene rings is 1. The Hall–Kier alpha value is -1.94. The Morgan fingerprint density at radius 3 is 2.30 bits per heavy atom. The van der Waals surface area contributed by atoms with Crippen LogP contribution < -0.4 is 0 Å². The first kappa shape index (κ1) is 17.4. The first-order valence-electron chi connectivity index (χ1n) is 7.97. The zero-order valence-electron chi connectivity index (χ0n) is 14.3. The summed E-state index contributed by atoms with van der Waals surface area (Å²) in [6.45, 7) is 7.89. The number of Topliss-reactive ketones (excluding diaryl/α,β-unsaturated/α-hetero) is 1. The SMILES string of the molecule is CC(C)C(=Nc1ccc(CO)cc1)C1=C(O)CC(C)(C)CC1=O. The quantitative estimate of drug-likeness (QED) is 0.822. The molecule has 1 aromatic rings. The molecule has 4 heteroatoms. The number of aliphatic imine (C=N–C) groups is 1. The zero-order valence-corrected chi connectivity index (χ0v) is 14.3. The molecule has 124 valence electrons. The van der Waals surface area contributed by atoms with Gasteiger partial charge in [-0.3, -0.25) is 9.79 Å². The Bertz CT molecular complexity index is 652. The maximum atomic E-state index is 12.5. The number of carbonyl (C=O) groups excluding carboxylic acids is 1. The molecule has 0 bridgehead atoms. The van der Waals surface area contributed by atoms with Crippen molar-refractivity contribution in [3.8, 4) is 0 Å². The predicted molar refractivity (Wildman–Crippen MR) is 92.0 cm³/mol. The summed E-state index contributed by atoms with van der Waals surface area (Å²) in [6.07, 6.45) is 0.908. The lowest BCUT2D eigenvalue weighted by Crippen LogP contribution is -2.30. The average molecular weight is 315 g/mol. The number of carbonyl (C=O) groups is 1. The zero-order chi connectivity index (χ0) is 17.2. The van der Waals surface area contributed by atoms with Gasteiger partial charge in [0.1, 0.15) is 5.76 Å². The molecule has 1 aromatic carbocycles. The standard InChI is InChI=1S/C19H25NO3/c1-12(2)18(20-14-7-5-13(11-21)6-8-14)17-15(22)9-19(3,4)10-16(17)23/h5-8,12,21-22H,9-11H2,1-4H3. The molecule has 0 atom stereocenters. The van der Waals surface area contributed by atoms with Crippen molar-refractivity contribution in [2.75, 3.05) is 0 Å². The van der Waals surface area contributed by atoms with E-state index in [1.807, 2.05) is 39.8 Å². The second-order valence-corrected chi connectivity index (χ2v) is 7.24. The van der Waals surface area contributed by atoms with Crippen LogP contribution in [0.25, 0.3) is 0 Å². The molecular weight excluding hydrogens is 290 g/mol. The Kier molecular flexibility index (Phi) is 5.05. The van der Waals surface area contributed by atoms with Crippen molar-refractivity contribution < 1.29 is 15.0 Å². The Labute approximate surface area is 137 Å². The van der Waals surface area contributed by atoms with Gasteiger partial charge in [0.15, 0.2) is 5.78 Å². The van der Waals surface area contributed by atoms with Crippen LogP contribution in [0, 0.1) is 11.3 Å². The van der Waals surface area contributed by atoms with Crippen LogP contribution in [0.5, 0.6) is 0 Å². The van der Waals surface area contributed by atoms with E-state index in [1.165, 1.54) is 0 Å². The highest BCUT2D eigenvalue weighted by atomic mass is 16.3. The van der Waals surface area contributed by atoms with Gasteiger partial charge in [0.05, 0.1) is 23.6 Å². The van der Waals surface area contributed by atoms with Gasteiger partial charge in [-0.15, -0.1) is 0 Å². The number of aliphatic hydroxyl groups excluding tert-OH is 2. The van der Waals surface area contributed by atoms with Gasteiger partial charge < -0.3 is 10.2 Å². The van der Waals surface area contributed by atoms with Crippen LogP contribution in [-0.2, 0) is 11.4 Å². The molecule has 23 heavy (non-hydrogen) atoms. The molecule has 0 fully saturated rings. The molecular formula is C19H25NO3. The van der Waals surface area contributed by atoms with Crippen LogP contribution in [0.1, 0.15) is 46.1 Å². The van der Waals surface area contributed by atoms with E-state index in [2.05, 4.69) is 4.99 Å². The fraction of sp³-hybridized carbons (Fsp3) is 0.474. The van der Waals surface area contributed by atoms with Gasteiger partial charge in [-0.1, -0.05) is 39.8 Å². The van der Waals surface area contributed by atoms with Gasteiger partial charge in [-0.25, -0.2) is 0 Å². The number of rotatable bonds is 4. The lowest BCUT2D eigenvalue weighted by atomic mass is 9.74. The van der Waals surface area contributed by atoms with Crippen LogP contribution in [0.15, 0.2) is 40.6 Å². The topological polar surface area (TPSA) is 69.9 Å². The molecule has 0 heterocycles. The average Bonchev–Trinajstić information content (AvgIpc) is 2.44. The number of aliphatic hydroxyl groups is 2. The van der Waals surface area contributed by atoms with E-state index in [1.54, 1.807) is 12.1 Å². The molecule has 4 nitrogen and oxygen atoms in total. The van der Waals surface area contributed by atoms with Crippen LogP contribution in [0.4, 0.5) is 5.69 Å². The molecule has 0 aliphatic heterocycles. The first-order chi connectivity index (χ1) is 10.7. The fourth-order valence-corrected chi connectivity index (χ4v) is 2.87. The normalized spacial score (nSPS) is 18.7. The van der Waals surface area contributed by atoms with Gasteiger partial charge in [0.2, 0.25) is 0 Å². The van der Waals surface area contributed by atoms with Crippen LogP contribution in [0.3, 0.4) is 0 Å². The third kappa shape index (κ3) is 4.08. The second-order valence-electron chi connectivity index (χ2n) is 7.24. The van der Waals surface area contributed by atoms with E-state index in [9.17, 15) is 9.90 Å². The second kappa shape index (κ2) is 6.67. The summed E-state index contributed by atoms with van der Waals surface area (Å²) in [5, 5.41) is 19.5. The lowest BCUT2D eigenvalue weighted by molar-refractivity contribution is -0.118. The highest BCUT2D eigenvalue weighted by Gasteiger charge is 2.35. The molecule has 0 saturated carbocycles. The maximum Gasteiger partial charge on any atom is 0.168 e. The minimum Gasteiger partial charge on any atom is -0.511 e. The third-order valence-corrected chi connectivity index (χ3v) is 4.02. The number of hydrogen-bond donors (Lipinski definition) is 2. The highest BCUT2D eigenvalue weighted by Crippen LogP contribution is 2.37. The molecule has 0 saturated heterocycles. The molecule has 0 aromatic heterocycles. The largest absolute Gasteiger partial charge is 0.511 e. The molecule has 1 aliphatic rings. The minimum atomic E-state index is -0.213. The number of nitrogens with zero attached hydrogens (tertiary/aromatic N) is 1. The smallest absolute Gasteiger partial charge is 0.168 e. The molecule has 0 amide bonds. The van der Waals surface area contributed by atoms with E-state index < -0.39 is 0 Å². The van der Waals surface area contributed by atoms with Crippen molar-refractivity contribution in [1.29, 1.82) is 0 Å². The van der Waals surface area contributed by atoms with Crippen molar-refractivity contribution in [3.63, 3.8) is 0 Å². The molecule has 0 radical (unpaired) electrons. The van der Waals surface area contributed by atoms with Crippen molar-refractivity contribution >= 4 is 17.2 Å². The monoisotopic (exact) mass is 315 g/mol. The third-order valence-electron chi connectivity index (χ3n) is 4.02. The van der Waals surface area contributed by atoms with Crippen LogP contribution >= 0.6 is 0 Å². The van der Waals surface area contributed by atoms with E-state index in [0.29, 0.717) is 29.8 Å². The van der Waals surface area contributed by atoms with Crippen molar-refractivity contribution in [3.05, 3.63) is 41.2 Å². The summed E-state index contributed by atoms with van der Waals surface area (Å²) in [5.74, 6) is 0.124. The number of hydrogen-bond acceptors (Lipinski definition) is 4. The highest BCUT2D eigenvalue weighted by molar-refractivity contribution is 6.24. The lowest BCUT2D eigenvalue weighted by Gasteiger charge is -2.30. The van der Waals surface area contributed by atoms with Gasteiger partial charge in [-0.05, 0) is 29.0 Å². The summed E-state index contributed by atoms with van der Waals surface area (Å²) < 4.78 is 0. The molecule has 2 N–H and O–H groups in total. The minimum absolute atomic E-state index is 0.0134. The van der Waals surface area contributed by atoms with E-state index in [4.69, 9.17) is 5.11 Å². The molecule has 1 aliphatic carbocycles. The summed E-state index contributed by atoms with van der Waals surface area (Å²) in [4.78, 5) is 17.1. The van der Waals surface area contributed by atoms with Gasteiger partial charge in [-0.2, -0.15) is 0 Å². The predicted octanol–water partition coefficient (Wildman–Crippen LogP) is 4.11. The van der Waals surface area contributed by atoms with Crippen LogP contribution in [0.2, 0.25) is 0 Å². The number of allylic oxidation sites excluding steroid dienone is 2. The van der Waals surface area contributed by atoms with Gasteiger partial charge in [0, 0.05) is 12.8 Å². The summed E-state index contributed by atoms with van der Waals surface area (Å²) >= 11 is 0. The summed E-state index contributed by atoms with van der Waals surface area (Å²) in [7, 11) is 0. The van der Waals surface area contributed by atoms with Crippen molar-refractivity contribution in [1.82, 2.24) is 0 Å².